The zero-order valence-corrected chi connectivity index (χ0v) is 9.90. The molecule has 1 N–H and O–H groups in total. The molecule has 0 aromatic rings. The van der Waals surface area contributed by atoms with Crippen molar-refractivity contribution in [2.24, 2.45) is 0 Å². The van der Waals surface area contributed by atoms with Gasteiger partial charge in [0.1, 0.15) is 0 Å². The molecule has 13 heavy (non-hydrogen) atoms. The Kier molecular flexibility index (Phi) is 5.40. The lowest BCUT2D eigenvalue weighted by Gasteiger charge is -2.37. The molecule has 0 aromatic heterocycles. The van der Waals surface area contributed by atoms with Crippen LogP contribution in [0.3, 0.4) is 0 Å². The Labute approximate surface area is 86.6 Å². The van der Waals surface area contributed by atoms with Crippen LogP contribution < -0.4 is 4.72 Å². The van der Waals surface area contributed by atoms with Crippen LogP contribution in [0.15, 0.2) is 0 Å². The van der Waals surface area contributed by atoms with Crippen molar-refractivity contribution in [3.8, 4) is 0 Å². The lowest BCUT2D eigenvalue weighted by molar-refractivity contribution is -0.921. The number of amides is 1. The van der Waals surface area contributed by atoms with Crippen molar-refractivity contribution in [3.05, 3.63) is 0 Å². The molecule has 0 saturated carbocycles. The van der Waals surface area contributed by atoms with Crippen LogP contribution in [0.25, 0.3) is 0 Å². The highest BCUT2D eigenvalue weighted by molar-refractivity contribution is 7.78. The van der Waals surface area contributed by atoms with E-state index in [-0.39, 0.29) is 11.9 Å². The second-order valence-corrected chi connectivity index (χ2v) is 3.89. The van der Waals surface area contributed by atoms with E-state index in [0.717, 1.165) is 24.0 Å². The standard InChI is InChI=1S/C9H20N2OS/c1-5-7-11(4,6-2)8(3)9(12)10-13/h8H,5-7H2,1-4H3,(H-,10,12,13)/p+1. The fraction of sp³-hybridized carbons (Fsp3) is 0.889. The zero-order valence-electron chi connectivity index (χ0n) is 9.00. The molecular formula is C9H21N2OS+. The van der Waals surface area contributed by atoms with Crippen molar-refractivity contribution in [1.29, 1.82) is 0 Å². The zero-order chi connectivity index (χ0) is 10.5. The second-order valence-electron chi connectivity index (χ2n) is 3.67. The summed E-state index contributed by atoms with van der Waals surface area (Å²) in [5.41, 5.74) is 0. The molecule has 2 atom stereocenters. The normalized spacial score (nSPS) is 17.6. The Balaban J connectivity index is 4.45. The molecule has 0 aliphatic carbocycles. The van der Waals surface area contributed by atoms with Gasteiger partial charge in [0.05, 0.1) is 20.1 Å². The van der Waals surface area contributed by atoms with Crippen LogP contribution in [0.1, 0.15) is 27.2 Å². The molecule has 1 amide bonds. The number of nitrogens with zero attached hydrogens (tertiary/aromatic N) is 1. The van der Waals surface area contributed by atoms with Gasteiger partial charge in [-0.2, -0.15) is 0 Å². The van der Waals surface area contributed by atoms with Gasteiger partial charge in [0.25, 0.3) is 5.91 Å². The SMILES string of the molecule is CCC[N+](C)(CC)C(C)C(=O)NS. The van der Waals surface area contributed by atoms with Gasteiger partial charge in [0.2, 0.25) is 0 Å². The second kappa shape index (κ2) is 5.50. The van der Waals surface area contributed by atoms with E-state index in [9.17, 15) is 4.79 Å². The van der Waals surface area contributed by atoms with Gasteiger partial charge in [-0.25, -0.2) is 0 Å². The van der Waals surface area contributed by atoms with Crippen LogP contribution in [-0.4, -0.2) is 36.6 Å². The minimum absolute atomic E-state index is 0.00105. The third kappa shape index (κ3) is 3.19. The summed E-state index contributed by atoms with van der Waals surface area (Å²) < 4.78 is 3.18. The number of nitrogens with one attached hydrogen (secondary N) is 1. The average Bonchev–Trinajstić information content (AvgIpc) is 2.15. The Morgan fingerprint density at radius 2 is 2.08 bits per heavy atom. The highest BCUT2D eigenvalue weighted by atomic mass is 32.1. The van der Waals surface area contributed by atoms with E-state index in [1.165, 1.54) is 0 Å². The number of rotatable bonds is 5. The van der Waals surface area contributed by atoms with Crippen LogP contribution in [0.4, 0.5) is 0 Å². The highest BCUT2D eigenvalue weighted by Crippen LogP contribution is 2.11. The van der Waals surface area contributed by atoms with E-state index in [4.69, 9.17) is 0 Å². The third-order valence-corrected chi connectivity index (χ3v) is 3.10. The van der Waals surface area contributed by atoms with Gasteiger partial charge in [0.15, 0.2) is 6.04 Å². The lowest BCUT2D eigenvalue weighted by atomic mass is 10.2. The van der Waals surface area contributed by atoms with E-state index in [1.807, 2.05) is 6.92 Å². The fourth-order valence-electron chi connectivity index (χ4n) is 1.51. The molecule has 3 nitrogen and oxygen atoms in total. The Bertz CT molecular complexity index is 175. The molecule has 0 aliphatic rings. The van der Waals surface area contributed by atoms with Crippen LogP contribution in [0.5, 0.6) is 0 Å². The van der Waals surface area contributed by atoms with Gasteiger partial charge >= 0.3 is 0 Å². The molecule has 0 rings (SSSR count). The first kappa shape index (κ1) is 12.8. The van der Waals surface area contributed by atoms with E-state index in [2.05, 4.69) is 38.4 Å². The summed E-state index contributed by atoms with van der Waals surface area (Å²) in [6, 6.07) is -0.0255. The van der Waals surface area contributed by atoms with Crippen molar-refractivity contribution in [3.63, 3.8) is 0 Å². The maximum atomic E-state index is 11.4. The molecule has 0 bridgehead atoms. The van der Waals surface area contributed by atoms with Gasteiger partial charge in [-0.15, -0.1) is 0 Å². The molecule has 78 valence electrons. The van der Waals surface area contributed by atoms with Crippen LogP contribution in [-0.2, 0) is 4.79 Å². The number of hydrogen-bond acceptors (Lipinski definition) is 2. The smallest absolute Gasteiger partial charge is 0.287 e. The number of carbonyl (C=O) groups excluding carboxylic acids is 1. The summed E-state index contributed by atoms with van der Waals surface area (Å²) in [4.78, 5) is 11.4. The number of likely N-dealkylation sites (N-methyl/N-ethyl adjacent to an activating group) is 1. The average molecular weight is 205 g/mol. The molecule has 2 unspecified atom stereocenters. The maximum absolute atomic E-state index is 11.4. The molecule has 0 saturated heterocycles. The molecule has 0 fully saturated rings. The van der Waals surface area contributed by atoms with Crippen molar-refractivity contribution in [1.82, 2.24) is 4.72 Å². The van der Waals surface area contributed by atoms with Crippen LogP contribution >= 0.6 is 12.8 Å². The molecule has 0 aromatic carbocycles. The predicted molar refractivity (Wildman–Crippen MR) is 58.5 cm³/mol. The minimum atomic E-state index is -0.0255. The van der Waals surface area contributed by atoms with Gasteiger partial charge < -0.3 is 4.48 Å². The molecule has 0 spiro atoms. The first-order valence-corrected chi connectivity index (χ1v) is 5.24. The largest absolute Gasteiger partial charge is 0.316 e. The quantitative estimate of drug-likeness (QED) is 0.513. The monoisotopic (exact) mass is 205 g/mol. The number of thiol groups is 1. The van der Waals surface area contributed by atoms with E-state index in [0.29, 0.717) is 0 Å². The Hall–Kier alpha value is -0.220. The lowest BCUT2D eigenvalue weighted by Crippen LogP contribution is -2.56. The Morgan fingerprint density at radius 3 is 2.38 bits per heavy atom. The molecule has 4 heteroatoms. The maximum Gasteiger partial charge on any atom is 0.287 e. The number of carbonyl (C=O) groups is 1. The molecule has 0 radical (unpaired) electrons. The van der Waals surface area contributed by atoms with Crippen LogP contribution in [0, 0.1) is 0 Å². The van der Waals surface area contributed by atoms with Crippen molar-refractivity contribution < 1.29 is 9.28 Å². The fourth-order valence-corrected chi connectivity index (χ4v) is 1.70. The number of quaternary nitrogens is 1. The summed E-state index contributed by atoms with van der Waals surface area (Å²) in [5, 5.41) is 0. The summed E-state index contributed by atoms with van der Waals surface area (Å²) in [6.45, 7) is 8.19. The molecule has 0 heterocycles. The topological polar surface area (TPSA) is 29.1 Å². The van der Waals surface area contributed by atoms with Gasteiger partial charge in [0, 0.05) is 0 Å². The molecule has 0 aliphatic heterocycles. The van der Waals surface area contributed by atoms with Gasteiger partial charge in [-0.05, 0) is 20.3 Å². The van der Waals surface area contributed by atoms with Crippen molar-refractivity contribution in [2.75, 3.05) is 20.1 Å². The number of hydrogen-bond donors (Lipinski definition) is 2. The van der Waals surface area contributed by atoms with E-state index in [1.54, 1.807) is 0 Å². The van der Waals surface area contributed by atoms with Crippen molar-refractivity contribution in [2.45, 2.75) is 33.2 Å². The summed E-state index contributed by atoms with van der Waals surface area (Å²) in [6.07, 6.45) is 1.09. The summed E-state index contributed by atoms with van der Waals surface area (Å²) in [5.74, 6) is 0.00105. The minimum Gasteiger partial charge on any atom is -0.316 e. The first-order chi connectivity index (χ1) is 6.01. The highest BCUT2D eigenvalue weighted by Gasteiger charge is 2.31. The summed E-state index contributed by atoms with van der Waals surface area (Å²) in [7, 11) is 2.11. The summed E-state index contributed by atoms with van der Waals surface area (Å²) >= 11 is 3.78. The first-order valence-electron chi connectivity index (χ1n) is 4.80. The van der Waals surface area contributed by atoms with E-state index >= 15 is 0 Å². The van der Waals surface area contributed by atoms with Crippen LogP contribution in [0.2, 0.25) is 0 Å². The van der Waals surface area contributed by atoms with Gasteiger partial charge in [-0.1, -0.05) is 19.7 Å². The molecular weight excluding hydrogens is 184 g/mol. The van der Waals surface area contributed by atoms with Gasteiger partial charge in [-0.3, -0.25) is 9.52 Å². The van der Waals surface area contributed by atoms with E-state index < -0.39 is 0 Å². The third-order valence-electron chi connectivity index (χ3n) is 2.88. The Morgan fingerprint density at radius 1 is 1.54 bits per heavy atom. The van der Waals surface area contributed by atoms with Crippen molar-refractivity contribution >= 4 is 18.7 Å². The predicted octanol–water partition coefficient (Wildman–Crippen LogP) is 1.21.